The fraction of sp³-hybridized carbons (Fsp3) is 0.318. The lowest BCUT2D eigenvalue weighted by molar-refractivity contribution is -0.138. The second kappa shape index (κ2) is 7.71. The third-order valence-corrected chi connectivity index (χ3v) is 5.65. The topological polar surface area (TPSA) is 40.6 Å². The molecule has 0 aliphatic carbocycles. The van der Waals surface area contributed by atoms with E-state index in [2.05, 4.69) is 0 Å². The van der Waals surface area contributed by atoms with Crippen LogP contribution in [0.4, 0.5) is 28.9 Å². The lowest BCUT2D eigenvalue weighted by Gasteiger charge is -2.29. The van der Waals surface area contributed by atoms with Gasteiger partial charge in [0.05, 0.1) is 16.8 Å². The van der Waals surface area contributed by atoms with Crippen molar-refractivity contribution in [3.63, 3.8) is 0 Å². The first-order valence-corrected chi connectivity index (χ1v) is 9.90. The first-order chi connectivity index (χ1) is 14.3. The molecule has 164 valence electrons. The third-order valence-electron chi connectivity index (χ3n) is 5.29. The fourth-order valence-electron chi connectivity index (χ4n) is 3.57. The second-order valence-electron chi connectivity index (χ2n) is 7.76. The van der Waals surface area contributed by atoms with Crippen LogP contribution in [0.5, 0.6) is 0 Å². The molecular weight excluding hydrogens is 432 g/mol. The Kier molecular flexibility index (Phi) is 5.69. The molecule has 9 heteroatoms. The monoisotopic (exact) mass is 452 g/mol. The number of hydrogen-bond acceptors (Lipinski definition) is 3. The Morgan fingerprint density at radius 1 is 1.10 bits per heavy atom. The van der Waals surface area contributed by atoms with Crippen LogP contribution in [0.15, 0.2) is 36.4 Å². The maximum absolute atomic E-state index is 14.6. The van der Waals surface area contributed by atoms with E-state index in [0.717, 1.165) is 17.0 Å². The summed E-state index contributed by atoms with van der Waals surface area (Å²) in [5, 5.41) is -0.0825. The Bertz CT molecular complexity index is 1100. The number of Topliss-reactive ketones (excluding diaryl/α,β-unsaturated/α-hetero) is 1. The van der Waals surface area contributed by atoms with E-state index in [1.807, 2.05) is 0 Å². The molecule has 0 saturated carbocycles. The van der Waals surface area contributed by atoms with Crippen LogP contribution in [-0.2, 0) is 11.0 Å². The summed E-state index contributed by atoms with van der Waals surface area (Å²) in [6.07, 6.45) is -4.46. The van der Waals surface area contributed by atoms with Gasteiger partial charge in [-0.2, -0.15) is 13.2 Å². The summed E-state index contributed by atoms with van der Waals surface area (Å²) >= 11 is 5.43. The highest BCUT2D eigenvalue weighted by Gasteiger charge is 2.50. The van der Waals surface area contributed by atoms with Gasteiger partial charge in [0, 0.05) is 12.1 Å². The molecule has 0 bridgehead atoms. The predicted molar refractivity (Wildman–Crippen MR) is 114 cm³/mol. The van der Waals surface area contributed by atoms with Crippen molar-refractivity contribution in [3.05, 3.63) is 58.9 Å². The number of rotatable bonds is 4. The lowest BCUT2D eigenvalue weighted by atomic mass is 10.0. The highest BCUT2D eigenvalue weighted by molar-refractivity contribution is 7.81. The van der Waals surface area contributed by atoms with Gasteiger partial charge in [0.25, 0.3) is 5.91 Å². The molecule has 3 rings (SSSR count). The number of ketones is 1. The molecule has 1 saturated heterocycles. The van der Waals surface area contributed by atoms with Crippen LogP contribution in [0.3, 0.4) is 0 Å². The zero-order valence-corrected chi connectivity index (χ0v) is 18.1. The molecule has 1 heterocycles. The fourth-order valence-corrected chi connectivity index (χ4v) is 4.09. The van der Waals surface area contributed by atoms with E-state index in [1.165, 1.54) is 36.1 Å². The molecule has 1 aliphatic rings. The molecule has 0 unspecified atom stereocenters. The maximum Gasteiger partial charge on any atom is 0.416 e. The van der Waals surface area contributed by atoms with Gasteiger partial charge < -0.3 is 4.90 Å². The molecule has 4 nitrogen and oxygen atoms in total. The summed E-state index contributed by atoms with van der Waals surface area (Å²) < 4.78 is 54.6. The summed E-state index contributed by atoms with van der Waals surface area (Å²) in [7, 11) is 0. The molecule has 2 aromatic carbocycles. The van der Waals surface area contributed by atoms with Crippen LogP contribution < -0.4 is 9.80 Å². The Hall–Kier alpha value is -2.81. The van der Waals surface area contributed by atoms with Gasteiger partial charge in [-0.05, 0) is 68.9 Å². The van der Waals surface area contributed by atoms with Gasteiger partial charge in [0.1, 0.15) is 11.4 Å². The minimum Gasteiger partial charge on any atom is -0.303 e. The lowest BCUT2D eigenvalue weighted by Crippen LogP contribution is -2.44. The van der Waals surface area contributed by atoms with Gasteiger partial charge in [-0.3, -0.25) is 14.5 Å². The number of benzene rings is 2. The zero-order chi connectivity index (χ0) is 23.3. The molecule has 0 spiro atoms. The van der Waals surface area contributed by atoms with Crippen molar-refractivity contribution in [2.24, 2.45) is 0 Å². The largest absolute Gasteiger partial charge is 0.416 e. The van der Waals surface area contributed by atoms with E-state index in [4.69, 9.17) is 12.2 Å². The smallest absolute Gasteiger partial charge is 0.303 e. The number of alkyl halides is 3. The molecule has 1 aliphatic heterocycles. The highest BCUT2D eigenvalue weighted by Crippen LogP contribution is 2.39. The average Bonchev–Trinajstić information content (AvgIpc) is 2.85. The van der Waals surface area contributed by atoms with Crippen LogP contribution in [-0.4, -0.2) is 22.3 Å². The summed E-state index contributed by atoms with van der Waals surface area (Å²) in [5.41, 5.74) is -2.02. The quantitative estimate of drug-likeness (QED) is 0.341. The number of halogens is 4. The normalized spacial score (nSPS) is 16.3. The highest BCUT2D eigenvalue weighted by atomic mass is 32.1. The van der Waals surface area contributed by atoms with Crippen molar-refractivity contribution in [1.82, 2.24) is 0 Å². The first-order valence-electron chi connectivity index (χ1n) is 9.50. The third kappa shape index (κ3) is 3.82. The van der Waals surface area contributed by atoms with Crippen molar-refractivity contribution in [1.29, 1.82) is 0 Å². The average molecular weight is 452 g/mol. The Balaban J connectivity index is 2.08. The molecule has 0 N–H and O–H groups in total. The van der Waals surface area contributed by atoms with Gasteiger partial charge in [-0.25, -0.2) is 4.39 Å². The van der Waals surface area contributed by atoms with E-state index in [0.29, 0.717) is 0 Å². The Morgan fingerprint density at radius 3 is 2.26 bits per heavy atom. The molecule has 2 aromatic rings. The summed E-state index contributed by atoms with van der Waals surface area (Å²) in [6.45, 7) is 6.03. The van der Waals surface area contributed by atoms with Gasteiger partial charge >= 0.3 is 6.18 Å². The van der Waals surface area contributed by atoms with Crippen molar-refractivity contribution >= 4 is 40.4 Å². The standard InChI is InChI=1S/C22H20F4N2O2S/c1-5-18(29)15-9-8-14(11-17(15)23)28-20(31)27(19(30)21(28,3)4)13-7-6-12(2)16(10-13)22(24,25)26/h6-11H,5H2,1-4H3. The zero-order valence-electron chi connectivity index (χ0n) is 17.3. The number of aryl methyl sites for hydroxylation is 1. The minimum atomic E-state index is -4.59. The predicted octanol–water partition coefficient (Wildman–Crippen LogP) is 5.66. The van der Waals surface area contributed by atoms with Crippen LogP contribution in [0, 0.1) is 12.7 Å². The van der Waals surface area contributed by atoms with E-state index in [1.54, 1.807) is 20.8 Å². The van der Waals surface area contributed by atoms with Gasteiger partial charge in [-0.15, -0.1) is 0 Å². The van der Waals surface area contributed by atoms with Crippen LogP contribution >= 0.6 is 12.2 Å². The number of carbonyl (C=O) groups is 2. The molecule has 0 aromatic heterocycles. The van der Waals surface area contributed by atoms with Crippen molar-refractivity contribution < 1.29 is 27.2 Å². The molecule has 31 heavy (non-hydrogen) atoms. The minimum absolute atomic E-state index is 0.0168. The molecule has 0 radical (unpaired) electrons. The number of carbonyl (C=O) groups excluding carboxylic acids is 2. The maximum atomic E-state index is 14.6. The van der Waals surface area contributed by atoms with E-state index in [-0.39, 0.29) is 39.8 Å². The SMILES string of the molecule is CCC(=O)c1ccc(N2C(=S)N(c3ccc(C)c(C(F)(F)F)c3)C(=O)C2(C)C)cc1F. The van der Waals surface area contributed by atoms with E-state index in [9.17, 15) is 27.2 Å². The Labute approximate surface area is 182 Å². The second-order valence-corrected chi connectivity index (χ2v) is 8.12. The first kappa shape index (κ1) is 22.9. The molecule has 1 amide bonds. The Morgan fingerprint density at radius 2 is 1.71 bits per heavy atom. The summed E-state index contributed by atoms with van der Waals surface area (Å²) in [6, 6.07) is 7.42. The van der Waals surface area contributed by atoms with Gasteiger partial charge in [0.15, 0.2) is 10.9 Å². The summed E-state index contributed by atoms with van der Waals surface area (Å²) in [5.74, 6) is -1.68. The number of amides is 1. The van der Waals surface area contributed by atoms with Crippen molar-refractivity contribution in [2.75, 3.05) is 9.80 Å². The van der Waals surface area contributed by atoms with E-state index < -0.39 is 29.0 Å². The van der Waals surface area contributed by atoms with Crippen molar-refractivity contribution in [3.8, 4) is 0 Å². The van der Waals surface area contributed by atoms with Gasteiger partial charge in [-0.1, -0.05) is 13.0 Å². The van der Waals surface area contributed by atoms with Gasteiger partial charge in [0.2, 0.25) is 0 Å². The van der Waals surface area contributed by atoms with Crippen LogP contribution in [0.1, 0.15) is 48.7 Å². The number of anilines is 2. The van der Waals surface area contributed by atoms with Crippen LogP contribution in [0.2, 0.25) is 0 Å². The molecule has 0 atom stereocenters. The summed E-state index contributed by atoms with van der Waals surface area (Å²) in [4.78, 5) is 27.4. The molecular formula is C22H20F4N2O2S. The number of nitrogens with zero attached hydrogens (tertiary/aromatic N) is 2. The van der Waals surface area contributed by atoms with Crippen LogP contribution in [0.25, 0.3) is 0 Å². The van der Waals surface area contributed by atoms with Crippen molar-refractivity contribution in [2.45, 2.75) is 45.8 Å². The molecule has 1 fully saturated rings. The number of thiocarbonyl (C=S) groups is 1. The number of hydrogen-bond donors (Lipinski definition) is 0. The van der Waals surface area contributed by atoms with E-state index >= 15 is 0 Å².